The van der Waals surface area contributed by atoms with Crippen LogP contribution in [0.2, 0.25) is 0 Å². The van der Waals surface area contributed by atoms with Crippen LogP contribution in [0.1, 0.15) is 43.6 Å². The molecule has 0 amide bonds. The Morgan fingerprint density at radius 1 is 1.29 bits per heavy atom. The number of aromatic nitrogens is 2. The smallest absolute Gasteiger partial charge is 0.156 e. The van der Waals surface area contributed by atoms with E-state index in [0.29, 0.717) is 12.7 Å². The van der Waals surface area contributed by atoms with Crippen LogP contribution >= 0.6 is 0 Å². The minimum Gasteiger partial charge on any atom is -0.373 e. The molecule has 0 aliphatic heterocycles. The molecule has 0 atom stereocenters. The SMILES string of the molecule is CNc1cc(C)nc(COC2CCCCC2)n1. The lowest BCUT2D eigenvalue weighted by atomic mass is 9.98. The van der Waals surface area contributed by atoms with Crippen LogP contribution < -0.4 is 5.32 Å². The maximum atomic E-state index is 5.87. The van der Waals surface area contributed by atoms with E-state index in [0.717, 1.165) is 17.3 Å². The van der Waals surface area contributed by atoms with Crippen LogP contribution in [0.5, 0.6) is 0 Å². The quantitative estimate of drug-likeness (QED) is 0.871. The highest BCUT2D eigenvalue weighted by Crippen LogP contribution is 2.21. The van der Waals surface area contributed by atoms with Crippen molar-refractivity contribution in [1.29, 1.82) is 0 Å². The van der Waals surface area contributed by atoms with E-state index >= 15 is 0 Å². The van der Waals surface area contributed by atoms with Gasteiger partial charge in [-0.15, -0.1) is 0 Å². The van der Waals surface area contributed by atoms with Crippen molar-refractivity contribution in [2.75, 3.05) is 12.4 Å². The highest BCUT2D eigenvalue weighted by atomic mass is 16.5. The molecule has 0 aromatic carbocycles. The van der Waals surface area contributed by atoms with Gasteiger partial charge in [0.2, 0.25) is 0 Å². The molecule has 4 nitrogen and oxygen atoms in total. The third-order valence-corrected chi connectivity index (χ3v) is 3.16. The Labute approximate surface area is 103 Å². The lowest BCUT2D eigenvalue weighted by Gasteiger charge is -2.21. The summed E-state index contributed by atoms with van der Waals surface area (Å²) < 4.78 is 5.87. The van der Waals surface area contributed by atoms with E-state index in [1.54, 1.807) is 0 Å². The topological polar surface area (TPSA) is 47.0 Å². The third kappa shape index (κ3) is 3.66. The number of rotatable bonds is 4. The first-order valence-corrected chi connectivity index (χ1v) is 6.42. The van der Waals surface area contributed by atoms with Crippen molar-refractivity contribution >= 4 is 5.82 Å². The van der Waals surface area contributed by atoms with Gasteiger partial charge < -0.3 is 10.1 Å². The Balaban J connectivity index is 1.91. The van der Waals surface area contributed by atoms with Gasteiger partial charge in [0.15, 0.2) is 5.82 Å². The summed E-state index contributed by atoms with van der Waals surface area (Å²) in [5, 5.41) is 3.04. The molecule has 94 valence electrons. The van der Waals surface area contributed by atoms with Crippen molar-refractivity contribution in [3.63, 3.8) is 0 Å². The summed E-state index contributed by atoms with van der Waals surface area (Å²) in [7, 11) is 1.87. The Kier molecular flexibility index (Phi) is 4.31. The van der Waals surface area contributed by atoms with Gasteiger partial charge in [0.1, 0.15) is 12.4 Å². The molecule has 0 unspecified atom stereocenters. The zero-order valence-electron chi connectivity index (χ0n) is 10.7. The minimum atomic E-state index is 0.408. The molecule has 0 radical (unpaired) electrons. The van der Waals surface area contributed by atoms with Crippen LogP contribution in [0.3, 0.4) is 0 Å². The molecule has 0 bridgehead atoms. The lowest BCUT2D eigenvalue weighted by molar-refractivity contribution is 0.0135. The maximum absolute atomic E-state index is 5.87. The molecule has 1 N–H and O–H groups in total. The number of ether oxygens (including phenoxy) is 1. The van der Waals surface area contributed by atoms with Gasteiger partial charge in [-0.05, 0) is 19.8 Å². The van der Waals surface area contributed by atoms with Crippen LogP contribution in [0.25, 0.3) is 0 Å². The Morgan fingerprint density at radius 2 is 2.06 bits per heavy atom. The molecule has 17 heavy (non-hydrogen) atoms. The summed E-state index contributed by atoms with van der Waals surface area (Å²) in [6.45, 7) is 2.51. The standard InChI is InChI=1S/C13H21N3O/c1-10-8-12(14-2)16-13(15-10)9-17-11-6-4-3-5-7-11/h8,11H,3-7,9H2,1-2H3,(H,14,15,16). The zero-order chi connectivity index (χ0) is 12.1. The molecule has 0 saturated heterocycles. The normalized spacial score (nSPS) is 17.1. The molecule has 1 aliphatic carbocycles. The van der Waals surface area contributed by atoms with Crippen molar-refractivity contribution in [2.45, 2.75) is 51.7 Å². The zero-order valence-corrected chi connectivity index (χ0v) is 10.7. The Bertz CT molecular complexity index is 362. The van der Waals surface area contributed by atoms with E-state index in [1.165, 1.54) is 32.1 Å². The van der Waals surface area contributed by atoms with Crippen molar-refractivity contribution in [3.05, 3.63) is 17.6 Å². The number of hydrogen-bond acceptors (Lipinski definition) is 4. The van der Waals surface area contributed by atoms with Gasteiger partial charge in [-0.1, -0.05) is 19.3 Å². The molecule has 1 aromatic heterocycles. The van der Waals surface area contributed by atoms with E-state index < -0.39 is 0 Å². The molecule has 4 heteroatoms. The van der Waals surface area contributed by atoms with Gasteiger partial charge >= 0.3 is 0 Å². The summed E-state index contributed by atoms with van der Waals surface area (Å²) in [6.07, 6.45) is 6.72. The fraction of sp³-hybridized carbons (Fsp3) is 0.692. The van der Waals surface area contributed by atoms with E-state index in [2.05, 4.69) is 15.3 Å². The van der Waals surface area contributed by atoms with Crippen LogP contribution in [0, 0.1) is 6.92 Å². The van der Waals surface area contributed by atoms with E-state index in [4.69, 9.17) is 4.74 Å². The van der Waals surface area contributed by atoms with Gasteiger partial charge in [-0.25, -0.2) is 9.97 Å². The van der Waals surface area contributed by atoms with Gasteiger partial charge in [-0.2, -0.15) is 0 Å². The fourth-order valence-electron chi connectivity index (χ4n) is 2.25. The van der Waals surface area contributed by atoms with E-state index in [1.807, 2.05) is 20.0 Å². The van der Waals surface area contributed by atoms with Crippen LogP contribution in [0.4, 0.5) is 5.82 Å². The number of nitrogens with one attached hydrogen (secondary N) is 1. The van der Waals surface area contributed by atoms with Crippen molar-refractivity contribution in [3.8, 4) is 0 Å². The van der Waals surface area contributed by atoms with Crippen molar-refractivity contribution < 1.29 is 4.74 Å². The van der Waals surface area contributed by atoms with Gasteiger partial charge in [-0.3, -0.25) is 0 Å². The van der Waals surface area contributed by atoms with Gasteiger partial charge in [0, 0.05) is 18.8 Å². The summed E-state index contributed by atoms with van der Waals surface area (Å²) in [6, 6.07) is 1.93. The van der Waals surface area contributed by atoms with Gasteiger partial charge in [0.25, 0.3) is 0 Å². The molecule has 1 aliphatic rings. The van der Waals surface area contributed by atoms with Crippen LogP contribution in [-0.2, 0) is 11.3 Å². The van der Waals surface area contributed by atoms with E-state index in [-0.39, 0.29) is 0 Å². The maximum Gasteiger partial charge on any atom is 0.156 e. The van der Waals surface area contributed by atoms with Gasteiger partial charge in [0.05, 0.1) is 6.10 Å². The molecule has 1 heterocycles. The predicted octanol–water partition coefficient (Wildman–Crippen LogP) is 2.68. The average Bonchev–Trinajstić information content (AvgIpc) is 2.37. The summed E-state index contributed by atoms with van der Waals surface area (Å²) >= 11 is 0. The van der Waals surface area contributed by atoms with Crippen molar-refractivity contribution in [2.24, 2.45) is 0 Å². The summed E-state index contributed by atoms with van der Waals surface area (Å²) in [4.78, 5) is 8.78. The molecule has 0 spiro atoms. The van der Waals surface area contributed by atoms with Crippen LogP contribution in [-0.4, -0.2) is 23.1 Å². The molecular weight excluding hydrogens is 214 g/mol. The predicted molar refractivity (Wildman–Crippen MR) is 68.0 cm³/mol. The fourth-order valence-corrected chi connectivity index (χ4v) is 2.25. The Morgan fingerprint density at radius 3 is 2.76 bits per heavy atom. The second-order valence-corrected chi connectivity index (χ2v) is 4.63. The molecular formula is C13H21N3O. The highest BCUT2D eigenvalue weighted by Gasteiger charge is 2.14. The summed E-state index contributed by atoms with van der Waals surface area (Å²) in [5.74, 6) is 1.64. The second-order valence-electron chi connectivity index (χ2n) is 4.63. The lowest BCUT2D eigenvalue weighted by Crippen LogP contribution is -2.17. The second kappa shape index (κ2) is 5.96. The first-order valence-electron chi connectivity index (χ1n) is 6.42. The number of aryl methyl sites for hydroxylation is 1. The Hall–Kier alpha value is -1.16. The summed E-state index contributed by atoms with van der Waals surface area (Å²) in [5.41, 5.74) is 0.978. The molecule has 1 fully saturated rings. The van der Waals surface area contributed by atoms with E-state index in [9.17, 15) is 0 Å². The first-order chi connectivity index (χ1) is 8.28. The monoisotopic (exact) mass is 235 g/mol. The number of nitrogens with zero attached hydrogens (tertiary/aromatic N) is 2. The molecule has 1 aromatic rings. The average molecular weight is 235 g/mol. The molecule has 2 rings (SSSR count). The third-order valence-electron chi connectivity index (χ3n) is 3.16. The highest BCUT2D eigenvalue weighted by molar-refractivity contribution is 5.34. The van der Waals surface area contributed by atoms with Crippen molar-refractivity contribution in [1.82, 2.24) is 9.97 Å². The largest absolute Gasteiger partial charge is 0.373 e. The number of hydrogen-bond donors (Lipinski definition) is 1. The first kappa shape index (κ1) is 12.3. The minimum absolute atomic E-state index is 0.408. The van der Waals surface area contributed by atoms with Crippen LogP contribution in [0.15, 0.2) is 6.07 Å². The number of anilines is 1. The molecule has 1 saturated carbocycles.